The largest absolute Gasteiger partial charge is 0.481 e. The van der Waals surface area contributed by atoms with Gasteiger partial charge in [-0.2, -0.15) is 11.8 Å². The van der Waals surface area contributed by atoms with Crippen LogP contribution in [0.15, 0.2) is 48.5 Å². The average molecular weight is 372 g/mol. The van der Waals surface area contributed by atoms with E-state index in [2.05, 4.69) is 50.4 Å². The van der Waals surface area contributed by atoms with Crippen molar-refractivity contribution in [2.75, 3.05) is 12.3 Å². The number of rotatable bonds is 9. The van der Waals surface area contributed by atoms with Crippen LogP contribution in [0.2, 0.25) is 0 Å². The smallest absolute Gasteiger partial charge is 0.260 e. The Morgan fingerprint density at radius 1 is 1.08 bits per heavy atom. The molecule has 2 aromatic carbocycles. The van der Waals surface area contributed by atoms with Gasteiger partial charge in [0.25, 0.3) is 5.91 Å². The summed E-state index contributed by atoms with van der Waals surface area (Å²) in [6, 6.07) is 16.3. The quantitative estimate of drug-likeness (QED) is 0.635. The van der Waals surface area contributed by atoms with Gasteiger partial charge in [0, 0.05) is 18.1 Å². The highest BCUT2D eigenvalue weighted by Gasteiger charge is 2.16. The van der Waals surface area contributed by atoms with Crippen molar-refractivity contribution in [1.29, 1.82) is 0 Å². The summed E-state index contributed by atoms with van der Waals surface area (Å²) in [6.07, 6.45) is -0.503. The SMILES string of the molecule is Cc1ccccc1CSCCNC(=O)C(C)Oc1ccccc1C(C)C. The van der Waals surface area contributed by atoms with Gasteiger partial charge in [-0.1, -0.05) is 56.3 Å². The molecule has 0 saturated carbocycles. The number of thioether (sulfide) groups is 1. The first kappa shape index (κ1) is 20.4. The zero-order valence-corrected chi connectivity index (χ0v) is 16.9. The van der Waals surface area contributed by atoms with Gasteiger partial charge in [-0.05, 0) is 42.5 Å². The first-order valence-corrected chi connectivity index (χ1v) is 10.3. The van der Waals surface area contributed by atoms with Crippen LogP contribution in [0.25, 0.3) is 0 Å². The predicted molar refractivity (Wildman–Crippen MR) is 111 cm³/mol. The van der Waals surface area contributed by atoms with E-state index in [1.807, 2.05) is 36.0 Å². The summed E-state index contributed by atoms with van der Waals surface area (Å²) in [5.74, 6) is 2.93. The van der Waals surface area contributed by atoms with Gasteiger partial charge >= 0.3 is 0 Å². The fourth-order valence-electron chi connectivity index (χ4n) is 2.65. The van der Waals surface area contributed by atoms with Crippen LogP contribution >= 0.6 is 11.8 Å². The van der Waals surface area contributed by atoms with Gasteiger partial charge in [-0.25, -0.2) is 0 Å². The summed E-state index contributed by atoms with van der Waals surface area (Å²) in [4.78, 5) is 12.3. The van der Waals surface area contributed by atoms with E-state index in [1.54, 1.807) is 6.92 Å². The van der Waals surface area contributed by atoms with E-state index in [0.717, 1.165) is 22.8 Å². The Morgan fingerprint density at radius 2 is 1.77 bits per heavy atom. The molecule has 0 aromatic heterocycles. The van der Waals surface area contributed by atoms with Crippen molar-refractivity contribution >= 4 is 17.7 Å². The lowest BCUT2D eigenvalue weighted by Gasteiger charge is -2.18. The molecule has 2 rings (SSSR count). The molecule has 0 saturated heterocycles. The lowest BCUT2D eigenvalue weighted by molar-refractivity contribution is -0.127. The molecule has 0 aliphatic rings. The van der Waals surface area contributed by atoms with E-state index in [0.29, 0.717) is 12.5 Å². The zero-order valence-electron chi connectivity index (χ0n) is 16.1. The summed E-state index contributed by atoms with van der Waals surface area (Å²) >= 11 is 1.83. The molecule has 140 valence electrons. The number of para-hydroxylation sites is 1. The Morgan fingerprint density at radius 3 is 2.50 bits per heavy atom. The number of aryl methyl sites for hydroxylation is 1. The Bertz CT molecular complexity index is 715. The van der Waals surface area contributed by atoms with Crippen LogP contribution < -0.4 is 10.1 Å². The Kier molecular flexibility index (Phi) is 8.05. The molecule has 1 amide bonds. The Labute approximate surface area is 161 Å². The first-order chi connectivity index (χ1) is 12.5. The molecule has 3 nitrogen and oxygen atoms in total. The van der Waals surface area contributed by atoms with Crippen LogP contribution in [0.4, 0.5) is 0 Å². The number of carbonyl (C=O) groups is 1. The maximum absolute atomic E-state index is 12.3. The van der Waals surface area contributed by atoms with E-state index in [-0.39, 0.29) is 5.91 Å². The molecule has 0 spiro atoms. The van der Waals surface area contributed by atoms with Crippen molar-refractivity contribution < 1.29 is 9.53 Å². The monoisotopic (exact) mass is 371 g/mol. The van der Waals surface area contributed by atoms with Crippen LogP contribution in [-0.4, -0.2) is 24.3 Å². The number of carbonyl (C=O) groups excluding carboxylic acids is 1. The molecule has 1 atom stereocenters. The van der Waals surface area contributed by atoms with Gasteiger partial charge in [-0.3, -0.25) is 4.79 Å². The van der Waals surface area contributed by atoms with Crippen LogP contribution in [0.5, 0.6) is 5.75 Å². The maximum atomic E-state index is 12.3. The summed E-state index contributed by atoms with van der Waals surface area (Å²) in [7, 11) is 0. The second-order valence-corrected chi connectivity index (χ2v) is 7.83. The standard InChI is InChI=1S/C22H29NO2S/c1-16(2)20-11-7-8-12-21(20)25-18(4)22(24)23-13-14-26-15-19-10-6-5-9-17(19)3/h5-12,16,18H,13-15H2,1-4H3,(H,23,24). The number of amides is 1. The third kappa shape index (κ3) is 6.10. The number of hydrogen-bond acceptors (Lipinski definition) is 3. The second-order valence-electron chi connectivity index (χ2n) is 6.72. The normalized spacial score (nSPS) is 12.0. The van der Waals surface area contributed by atoms with E-state index < -0.39 is 6.10 Å². The van der Waals surface area contributed by atoms with E-state index in [1.165, 1.54) is 11.1 Å². The summed E-state index contributed by atoms with van der Waals surface area (Å²) in [5, 5.41) is 2.97. The Hall–Kier alpha value is -1.94. The molecule has 0 aliphatic heterocycles. The van der Waals surface area contributed by atoms with Crippen LogP contribution in [0, 0.1) is 6.92 Å². The molecule has 0 aliphatic carbocycles. The molecule has 0 fully saturated rings. The predicted octanol–water partition coefficient (Wildman–Crippen LogP) is 4.94. The minimum absolute atomic E-state index is 0.0694. The molecule has 0 heterocycles. The van der Waals surface area contributed by atoms with Gasteiger partial charge in [0.05, 0.1) is 0 Å². The Balaban J connectivity index is 1.73. The minimum atomic E-state index is -0.503. The summed E-state index contributed by atoms with van der Waals surface area (Å²) in [5.41, 5.74) is 3.79. The molecule has 4 heteroatoms. The highest BCUT2D eigenvalue weighted by atomic mass is 32.2. The van der Waals surface area contributed by atoms with Crippen LogP contribution in [-0.2, 0) is 10.5 Å². The number of hydrogen-bond donors (Lipinski definition) is 1. The van der Waals surface area contributed by atoms with Crippen molar-refractivity contribution in [1.82, 2.24) is 5.32 Å². The highest BCUT2D eigenvalue weighted by Crippen LogP contribution is 2.26. The third-order valence-corrected chi connectivity index (χ3v) is 5.29. The van der Waals surface area contributed by atoms with Gasteiger partial charge in [0.1, 0.15) is 5.75 Å². The topological polar surface area (TPSA) is 38.3 Å². The fraction of sp³-hybridized carbons (Fsp3) is 0.409. The van der Waals surface area contributed by atoms with E-state index >= 15 is 0 Å². The van der Waals surface area contributed by atoms with Gasteiger partial charge < -0.3 is 10.1 Å². The van der Waals surface area contributed by atoms with E-state index in [9.17, 15) is 4.79 Å². The van der Waals surface area contributed by atoms with Crippen molar-refractivity contribution in [3.05, 3.63) is 65.2 Å². The number of benzene rings is 2. The molecular weight excluding hydrogens is 342 g/mol. The average Bonchev–Trinajstić information content (AvgIpc) is 2.63. The van der Waals surface area contributed by atoms with Crippen molar-refractivity contribution in [3.63, 3.8) is 0 Å². The fourth-order valence-corrected chi connectivity index (χ4v) is 3.59. The zero-order chi connectivity index (χ0) is 18.9. The molecule has 26 heavy (non-hydrogen) atoms. The minimum Gasteiger partial charge on any atom is -0.481 e. The van der Waals surface area contributed by atoms with Crippen LogP contribution in [0.3, 0.4) is 0 Å². The summed E-state index contributed by atoms with van der Waals surface area (Å²) < 4.78 is 5.89. The maximum Gasteiger partial charge on any atom is 0.260 e. The third-order valence-electron chi connectivity index (χ3n) is 4.28. The van der Waals surface area contributed by atoms with Crippen LogP contribution in [0.1, 0.15) is 43.4 Å². The lowest BCUT2D eigenvalue weighted by atomic mass is 10.0. The highest BCUT2D eigenvalue weighted by molar-refractivity contribution is 7.98. The van der Waals surface area contributed by atoms with Crippen molar-refractivity contribution in [2.24, 2.45) is 0 Å². The lowest BCUT2D eigenvalue weighted by Crippen LogP contribution is -2.37. The van der Waals surface area contributed by atoms with Crippen molar-refractivity contribution in [2.45, 2.75) is 45.5 Å². The molecule has 1 unspecified atom stereocenters. The second kappa shape index (κ2) is 10.3. The van der Waals surface area contributed by atoms with Gasteiger partial charge in [-0.15, -0.1) is 0 Å². The van der Waals surface area contributed by atoms with Gasteiger partial charge in [0.15, 0.2) is 6.10 Å². The molecular formula is C22H29NO2S. The molecule has 0 bridgehead atoms. The molecule has 1 N–H and O–H groups in total. The first-order valence-electron chi connectivity index (χ1n) is 9.14. The molecule has 2 aromatic rings. The van der Waals surface area contributed by atoms with Crippen molar-refractivity contribution in [3.8, 4) is 5.75 Å². The summed E-state index contributed by atoms with van der Waals surface area (Å²) in [6.45, 7) is 8.82. The molecule has 0 radical (unpaired) electrons. The van der Waals surface area contributed by atoms with E-state index in [4.69, 9.17) is 4.74 Å². The number of ether oxygens (including phenoxy) is 1. The number of nitrogens with one attached hydrogen (secondary N) is 1. The van der Waals surface area contributed by atoms with Gasteiger partial charge in [0.2, 0.25) is 0 Å².